The Morgan fingerprint density at radius 3 is 2.19 bits per heavy atom. The molecule has 0 spiro atoms. The molecule has 1 aromatic heterocycles. The summed E-state index contributed by atoms with van der Waals surface area (Å²) >= 11 is 0. The number of nitrogens with one attached hydrogen (secondary N) is 1. The summed E-state index contributed by atoms with van der Waals surface area (Å²) in [7, 11) is 0. The quantitative estimate of drug-likeness (QED) is 0.393. The van der Waals surface area contributed by atoms with Crippen LogP contribution in [0.1, 0.15) is 52.3 Å². The number of nitrogens with zero attached hydrogens (tertiary/aromatic N) is 2. The third-order valence-corrected chi connectivity index (χ3v) is 6.75. The molecule has 0 radical (unpaired) electrons. The molecule has 1 aliphatic heterocycles. The predicted molar refractivity (Wildman–Crippen MR) is 133 cm³/mol. The third-order valence-electron chi connectivity index (χ3n) is 6.75. The number of aryl methyl sites for hydroxylation is 2. The van der Waals surface area contributed by atoms with Crippen molar-refractivity contribution in [2.45, 2.75) is 45.4 Å². The van der Waals surface area contributed by atoms with Crippen molar-refractivity contribution in [3.8, 4) is 5.69 Å². The van der Waals surface area contributed by atoms with Crippen LogP contribution in [0, 0.1) is 13.8 Å². The van der Waals surface area contributed by atoms with Crippen LogP contribution in [0.25, 0.3) is 5.69 Å². The fraction of sp³-hybridized carbons (Fsp3) is 0.276. The summed E-state index contributed by atoms with van der Waals surface area (Å²) in [6, 6.07) is 28.4. The van der Waals surface area contributed by atoms with Gasteiger partial charge in [0.25, 0.3) is 0 Å². The lowest BCUT2D eigenvalue weighted by Crippen LogP contribution is -2.08. The highest BCUT2D eigenvalue weighted by Gasteiger charge is 2.24. The van der Waals surface area contributed by atoms with Crippen molar-refractivity contribution in [3.05, 3.63) is 112 Å². The van der Waals surface area contributed by atoms with Crippen molar-refractivity contribution >= 4 is 5.82 Å². The van der Waals surface area contributed by atoms with E-state index in [-0.39, 0.29) is 5.92 Å². The molecule has 0 saturated heterocycles. The van der Waals surface area contributed by atoms with Crippen LogP contribution < -0.4 is 5.32 Å². The highest BCUT2D eigenvalue weighted by molar-refractivity contribution is 5.56. The molecule has 4 aromatic rings. The molecule has 0 aliphatic carbocycles. The molecule has 2 heterocycles. The number of anilines is 1. The molecule has 3 nitrogen and oxygen atoms in total. The molecule has 3 aromatic carbocycles. The summed E-state index contributed by atoms with van der Waals surface area (Å²) in [6.07, 6.45) is 4.38. The highest BCUT2D eigenvalue weighted by Crippen LogP contribution is 2.34. The van der Waals surface area contributed by atoms with E-state index in [0.29, 0.717) is 0 Å². The normalized spacial score (nSPS) is 13.5. The molecule has 0 amide bonds. The van der Waals surface area contributed by atoms with Gasteiger partial charge in [0.05, 0.1) is 11.4 Å². The van der Waals surface area contributed by atoms with Crippen molar-refractivity contribution in [2.24, 2.45) is 0 Å². The molecular weight excluding hydrogens is 390 g/mol. The average molecular weight is 422 g/mol. The van der Waals surface area contributed by atoms with E-state index in [0.717, 1.165) is 25.1 Å². The van der Waals surface area contributed by atoms with Gasteiger partial charge in [0.1, 0.15) is 5.82 Å². The van der Waals surface area contributed by atoms with E-state index in [9.17, 15) is 0 Å². The largest absolute Gasteiger partial charge is 0.370 e. The standard InChI is InChI=1S/C29H31N3/c1-21-16-17-25(19-22(21)2)32-29-26(15-9-10-18-30-29)28(31-32)20-27(23-11-5-3-6-12-23)24-13-7-4-8-14-24/h3-8,11-14,16-17,19,27,30H,9-10,15,18,20H2,1-2H3. The molecule has 0 saturated carbocycles. The zero-order valence-corrected chi connectivity index (χ0v) is 19.0. The lowest BCUT2D eigenvalue weighted by atomic mass is 9.86. The van der Waals surface area contributed by atoms with Gasteiger partial charge in [-0.25, -0.2) is 4.68 Å². The Labute approximate surface area is 191 Å². The average Bonchev–Trinajstić information content (AvgIpc) is 2.99. The van der Waals surface area contributed by atoms with Crippen molar-refractivity contribution in [2.75, 3.05) is 11.9 Å². The lowest BCUT2D eigenvalue weighted by Gasteiger charge is -2.18. The zero-order chi connectivity index (χ0) is 21.9. The van der Waals surface area contributed by atoms with Gasteiger partial charge in [-0.05, 0) is 67.5 Å². The van der Waals surface area contributed by atoms with Crippen LogP contribution >= 0.6 is 0 Å². The molecule has 0 atom stereocenters. The molecule has 162 valence electrons. The van der Waals surface area contributed by atoms with Crippen LogP contribution in [0.3, 0.4) is 0 Å². The van der Waals surface area contributed by atoms with Gasteiger partial charge >= 0.3 is 0 Å². The van der Waals surface area contributed by atoms with Crippen LogP contribution in [0.4, 0.5) is 5.82 Å². The molecule has 0 bridgehead atoms. The summed E-state index contributed by atoms with van der Waals surface area (Å²) in [5, 5.41) is 8.92. The van der Waals surface area contributed by atoms with Gasteiger partial charge in [-0.15, -0.1) is 0 Å². The molecule has 5 rings (SSSR count). The highest BCUT2D eigenvalue weighted by atomic mass is 15.3. The Balaban J connectivity index is 1.60. The maximum atomic E-state index is 5.22. The number of rotatable bonds is 5. The molecule has 1 N–H and O–H groups in total. The summed E-state index contributed by atoms with van der Waals surface area (Å²) in [4.78, 5) is 0. The first-order valence-corrected chi connectivity index (χ1v) is 11.7. The Morgan fingerprint density at radius 1 is 0.844 bits per heavy atom. The zero-order valence-electron chi connectivity index (χ0n) is 19.0. The van der Waals surface area contributed by atoms with Gasteiger partial charge in [0.2, 0.25) is 0 Å². The van der Waals surface area contributed by atoms with Crippen molar-refractivity contribution in [1.29, 1.82) is 0 Å². The summed E-state index contributed by atoms with van der Waals surface area (Å²) in [5.41, 5.74) is 9.04. The predicted octanol–water partition coefficient (Wildman–Crippen LogP) is 6.61. The minimum atomic E-state index is 0.285. The summed E-state index contributed by atoms with van der Waals surface area (Å²) < 4.78 is 2.15. The number of aromatic nitrogens is 2. The number of fused-ring (bicyclic) bond motifs is 1. The van der Waals surface area contributed by atoms with Crippen LogP contribution in [0.15, 0.2) is 78.9 Å². The van der Waals surface area contributed by atoms with Gasteiger partial charge in [-0.2, -0.15) is 5.10 Å². The lowest BCUT2D eigenvalue weighted by molar-refractivity contribution is 0.727. The van der Waals surface area contributed by atoms with E-state index >= 15 is 0 Å². The van der Waals surface area contributed by atoms with Crippen molar-refractivity contribution in [1.82, 2.24) is 9.78 Å². The maximum Gasteiger partial charge on any atom is 0.133 e. The topological polar surface area (TPSA) is 29.9 Å². The Kier molecular flexibility index (Phi) is 5.81. The first-order valence-electron chi connectivity index (χ1n) is 11.7. The summed E-state index contributed by atoms with van der Waals surface area (Å²) in [6.45, 7) is 5.34. The molecule has 1 aliphatic rings. The first kappa shape index (κ1) is 20.6. The van der Waals surface area contributed by atoms with Gasteiger partial charge < -0.3 is 5.32 Å². The van der Waals surface area contributed by atoms with Gasteiger partial charge in [-0.3, -0.25) is 0 Å². The van der Waals surface area contributed by atoms with Crippen LogP contribution in [-0.2, 0) is 12.8 Å². The monoisotopic (exact) mass is 421 g/mol. The minimum absolute atomic E-state index is 0.285. The Morgan fingerprint density at radius 2 is 1.53 bits per heavy atom. The summed E-state index contributed by atoms with van der Waals surface area (Å²) in [5.74, 6) is 1.47. The van der Waals surface area contributed by atoms with Gasteiger partial charge in [0.15, 0.2) is 0 Å². The van der Waals surface area contributed by atoms with Crippen molar-refractivity contribution < 1.29 is 0 Å². The van der Waals surface area contributed by atoms with Crippen LogP contribution in [0.2, 0.25) is 0 Å². The van der Waals surface area contributed by atoms with E-state index in [1.165, 1.54) is 52.2 Å². The van der Waals surface area contributed by atoms with Gasteiger partial charge in [0, 0.05) is 24.4 Å². The van der Waals surface area contributed by atoms with Crippen LogP contribution in [0.5, 0.6) is 0 Å². The minimum Gasteiger partial charge on any atom is -0.370 e. The fourth-order valence-electron chi connectivity index (χ4n) is 4.77. The Bertz CT molecular complexity index is 1150. The van der Waals surface area contributed by atoms with E-state index < -0.39 is 0 Å². The van der Waals surface area contributed by atoms with E-state index in [4.69, 9.17) is 5.10 Å². The van der Waals surface area contributed by atoms with Crippen molar-refractivity contribution in [3.63, 3.8) is 0 Å². The first-order chi connectivity index (χ1) is 15.7. The molecule has 0 fully saturated rings. The second kappa shape index (κ2) is 9.04. The maximum absolute atomic E-state index is 5.22. The second-order valence-electron chi connectivity index (χ2n) is 8.92. The van der Waals surface area contributed by atoms with Gasteiger partial charge in [-0.1, -0.05) is 66.7 Å². The van der Waals surface area contributed by atoms with E-state index in [1.54, 1.807) is 0 Å². The number of hydrogen-bond donors (Lipinski definition) is 1. The second-order valence-corrected chi connectivity index (χ2v) is 8.92. The van der Waals surface area contributed by atoms with Crippen LogP contribution in [-0.4, -0.2) is 16.3 Å². The fourth-order valence-corrected chi connectivity index (χ4v) is 4.77. The number of hydrogen-bond acceptors (Lipinski definition) is 2. The SMILES string of the molecule is Cc1ccc(-n2nc(CC(c3ccccc3)c3ccccc3)c3c2NCCCC3)cc1C. The number of benzene rings is 3. The van der Waals surface area contributed by atoms with E-state index in [1.807, 2.05) is 0 Å². The third kappa shape index (κ3) is 4.08. The molecule has 3 heteroatoms. The van der Waals surface area contributed by atoms with E-state index in [2.05, 4.69) is 103 Å². The Hall–Kier alpha value is -3.33. The molecule has 32 heavy (non-hydrogen) atoms. The smallest absolute Gasteiger partial charge is 0.133 e. The molecular formula is C29H31N3. The molecule has 0 unspecified atom stereocenters.